The van der Waals surface area contributed by atoms with Crippen LogP contribution in [0, 0.1) is 17.2 Å². The summed E-state index contributed by atoms with van der Waals surface area (Å²) >= 11 is 0. The summed E-state index contributed by atoms with van der Waals surface area (Å²) < 4.78 is 4.99. The quantitative estimate of drug-likeness (QED) is 0.415. The Morgan fingerprint density at radius 2 is 1.85 bits per heavy atom. The molecule has 3 N–H and O–H groups in total. The second kappa shape index (κ2) is 9.51. The van der Waals surface area contributed by atoms with Crippen LogP contribution in [0.15, 0.2) is 36.4 Å². The van der Waals surface area contributed by atoms with E-state index in [1.807, 2.05) is 44.2 Å². The predicted molar refractivity (Wildman–Crippen MR) is 131 cm³/mol. The number of ether oxygens (including phenoxy) is 1. The molecule has 1 aromatic heterocycles. The number of nitrogens with zero attached hydrogens (tertiary/aromatic N) is 2. The minimum Gasteiger partial charge on any atom is -0.464 e. The number of anilines is 3. The van der Waals surface area contributed by atoms with Crippen molar-refractivity contribution in [3.8, 4) is 0 Å². The molecule has 176 valence electrons. The molecular formula is C26H34N4O3. The Bertz CT molecular complexity index is 1000. The Balaban J connectivity index is 1.78. The zero-order valence-electron chi connectivity index (χ0n) is 19.7. The fourth-order valence-corrected chi connectivity index (χ4v) is 4.73. The van der Waals surface area contributed by atoms with Gasteiger partial charge in [0.15, 0.2) is 5.69 Å². The maximum Gasteiger partial charge on any atom is 0.356 e. The molecule has 0 amide bonds. The summed E-state index contributed by atoms with van der Waals surface area (Å²) in [5.74, 6) is 0.438. The van der Waals surface area contributed by atoms with Crippen LogP contribution >= 0.6 is 0 Å². The second-order valence-electron chi connectivity index (χ2n) is 9.69. The van der Waals surface area contributed by atoms with Crippen molar-refractivity contribution in [1.82, 2.24) is 4.98 Å². The molecule has 0 atom stereocenters. The highest BCUT2D eigenvalue weighted by atomic mass is 16.5. The molecule has 2 aliphatic rings. The summed E-state index contributed by atoms with van der Waals surface area (Å²) in [6.07, 6.45) is 4.83. The predicted octanol–water partition coefficient (Wildman–Crippen LogP) is 4.77. The summed E-state index contributed by atoms with van der Waals surface area (Å²) in [5.41, 5.74) is 2.53. The van der Waals surface area contributed by atoms with E-state index in [9.17, 15) is 9.90 Å². The number of methoxy groups -OCH3 is 1. The van der Waals surface area contributed by atoms with Crippen molar-refractivity contribution < 1.29 is 14.6 Å². The van der Waals surface area contributed by atoms with Gasteiger partial charge in [-0.05, 0) is 63.6 Å². The Kier molecular flexibility index (Phi) is 6.70. The minimum atomic E-state index is -0.719. The van der Waals surface area contributed by atoms with Crippen LogP contribution in [0.3, 0.4) is 0 Å². The van der Waals surface area contributed by atoms with Crippen molar-refractivity contribution >= 4 is 28.9 Å². The van der Waals surface area contributed by atoms with Crippen molar-refractivity contribution in [1.29, 1.82) is 5.41 Å². The molecule has 0 radical (unpaired) electrons. The Hall–Kier alpha value is -2.93. The first kappa shape index (κ1) is 23.2. The van der Waals surface area contributed by atoms with Gasteiger partial charge in [0.05, 0.1) is 24.0 Å². The SMILES string of the molecule is COC(=O)c1cc(N2CCC(C(C)(C)O)CC2)c(C(=N)C2CCC2)c(Nc2ccccc2)n1. The number of para-hydroxylation sites is 1. The van der Waals surface area contributed by atoms with Gasteiger partial charge in [-0.25, -0.2) is 9.78 Å². The van der Waals surface area contributed by atoms with Crippen LogP contribution in [0.4, 0.5) is 17.2 Å². The summed E-state index contributed by atoms with van der Waals surface area (Å²) in [7, 11) is 1.35. The molecule has 1 saturated carbocycles. The summed E-state index contributed by atoms with van der Waals surface area (Å²) in [6, 6.07) is 11.5. The lowest BCUT2D eigenvalue weighted by atomic mass is 9.78. The number of aromatic nitrogens is 1. The van der Waals surface area contributed by atoms with Crippen molar-refractivity contribution in [3.05, 3.63) is 47.7 Å². The molecule has 33 heavy (non-hydrogen) atoms. The number of nitrogens with one attached hydrogen (secondary N) is 2. The van der Waals surface area contributed by atoms with Crippen LogP contribution in [-0.4, -0.2) is 47.6 Å². The largest absolute Gasteiger partial charge is 0.464 e. The molecule has 2 aromatic rings. The van der Waals surface area contributed by atoms with E-state index in [0.717, 1.165) is 62.1 Å². The topological polar surface area (TPSA) is 98.5 Å². The van der Waals surface area contributed by atoms with E-state index in [0.29, 0.717) is 11.5 Å². The average Bonchev–Trinajstić information content (AvgIpc) is 2.77. The average molecular weight is 451 g/mol. The fraction of sp³-hybridized carbons (Fsp3) is 0.500. The van der Waals surface area contributed by atoms with Gasteiger partial charge in [-0.2, -0.15) is 0 Å². The van der Waals surface area contributed by atoms with Gasteiger partial charge in [-0.3, -0.25) is 0 Å². The van der Waals surface area contributed by atoms with Crippen molar-refractivity contribution in [2.75, 3.05) is 30.4 Å². The molecule has 2 fully saturated rings. The first-order chi connectivity index (χ1) is 15.8. The molecule has 4 rings (SSSR count). The molecule has 1 aliphatic carbocycles. The molecule has 7 heteroatoms. The second-order valence-corrected chi connectivity index (χ2v) is 9.69. The summed E-state index contributed by atoms with van der Waals surface area (Å²) in [4.78, 5) is 19.3. The molecule has 0 spiro atoms. The highest BCUT2D eigenvalue weighted by molar-refractivity contribution is 6.10. The van der Waals surface area contributed by atoms with E-state index in [-0.39, 0.29) is 17.5 Å². The van der Waals surface area contributed by atoms with E-state index in [1.54, 1.807) is 6.07 Å². The summed E-state index contributed by atoms with van der Waals surface area (Å²) in [6.45, 7) is 5.23. The van der Waals surface area contributed by atoms with E-state index >= 15 is 0 Å². The van der Waals surface area contributed by atoms with Crippen LogP contribution < -0.4 is 10.2 Å². The van der Waals surface area contributed by atoms with E-state index < -0.39 is 11.6 Å². The molecule has 7 nitrogen and oxygen atoms in total. The maximum atomic E-state index is 12.5. The molecule has 1 saturated heterocycles. The van der Waals surface area contributed by atoms with Crippen LogP contribution in [0.1, 0.15) is 62.0 Å². The van der Waals surface area contributed by atoms with Crippen molar-refractivity contribution in [2.24, 2.45) is 11.8 Å². The standard InChI is InChI=1S/C26H34N4O3/c1-26(2,32)18-12-14-30(15-13-18)21-16-20(25(31)33-3)29-24(28-19-10-5-4-6-11-19)22(21)23(27)17-8-7-9-17/h4-6,10-11,16-18,27,32H,7-9,12-15H2,1-3H3,(H,28,29). The fourth-order valence-electron chi connectivity index (χ4n) is 4.73. The van der Waals surface area contributed by atoms with Crippen LogP contribution in [0.2, 0.25) is 0 Å². The van der Waals surface area contributed by atoms with E-state index in [2.05, 4.69) is 15.2 Å². The zero-order valence-corrected chi connectivity index (χ0v) is 19.7. The van der Waals surface area contributed by atoms with Gasteiger partial charge in [0, 0.05) is 30.4 Å². The molecule has 0 bridgehead atoms. The van der Waals surface area contributed by atoms with Gasteiger partial charge in [0.2, 0.25) is 0 Å². The number of piperidine rings is 1. The Morgan fingerprint density at radius 3 is 2.39 bits per heavy atom. The Morgan fingerprint density at radius 1 is 1.18 bits per heavy atom. The van der Waals surface area contributed by atoms with E-state index in [4.69, 9.17) is 10.1 Å². The number of rotatable bonds is 7. The van der Waals surface area contributed by atoms with Crippen molar-refractivity contribution in [3.63, 3.8) is 0 Å². The highest BCUT2D eigenvalue weighted by Gasteiger charge is 2.34. The number of pyridine rings is 1. The first-order valence-corrected chi connectivity index (χ1v) is 11.8. The normalized spacial score (nSPS) is 17.4. The molecular weight excluding hydrogens is 416 g/mol. The third-order valence-corrected chi connectivity index (χ3v) is 7.05. The maximum absolute atomic E-state index is 12.5. The van der Waals surface area contributed by atoms with Gasteiger partial charge in [-0.1, -0.05) is 24.6 Å². The number of carbonyl (C=O) groups is 1. The van der Waals surface area contributed by atoms with Gasteiger partial charge < -0.3 is 25.5 Å². The lowest BCUT2D eigenvalue weighted by Crippen LogP contribution is -2.42. The number of esters is 1. The Labute approximate surface area is 195 Å². The number of hydrogen-bond donors (Lipinski definition) is 3. The molecule has 0 unspecified atom stereocenters. The third-order valence-electron chi connectivity index (χ3n) is 7.05. The lowest BCUT2D eigenvalue weighted by Gasteiger charge is -2.40. The van der Waals surface area contributed by atoms with Gasteiger partial charge >= 0.3 is 5.97 Å². The van der Waals surface area contributed by atoms with Gasteiger partial charge in [-0.15, -0.1) is 0 Å². The molecule has 1 aromatic carbocycles. The highest BCUT2D eigenvalue weighted by Crippen LogP contribution is 2.39. The zero-order chi connectivity index (χ0) is 23.6. The monoisotopic (exact) mass is 450 g/mol. The van der Waals surface area contributed by atoms with E-state index in [1.165, 1.54) is 7.11 Å². The third kappa shape index (κ3) is 5.03. The van der Waals surface area contributed by atoms with Crippen LogP contribution in [-0.2, 0) is 4.74 Å². The molecule has 1 aliphatic heterocycles. The summed E-state index contributed by atoms with van der Waals surface area (Å²) in [5, 5.41) is 22.9. The first-order valence-electron chi connectivity index (χ1n) is 11.8. The smallest absolute Gasteiger partial charge is 0.356 e. The van der Waals surface area contributed by atoms with Gasteiger partial charge in [0.25, 0.3) is 0 Å². The lowest BCUT2D eigenvalue weighted by molar-refractivity contribution is 0.00651. The van der Waals surface area contributed by atoms with Crippen LogP contribution in [0.5, 0.6) is 0 Å². The minimum absolute atomic E-state index is 0.208. The van der Waals surface area contributed by atoms with Crippen molar-refractivity contribution in [2.45, 2.75) is 51.6 Å². The van der Waals surface area contributed by atoms with Crippen LogP contribution in [0.25, 0.3) is 0 Å². The number of aliphatic hydroxyl groups is 1. The number of hydrogen-bond acceptors (Lipinski definition) is 7. The van der Waals surface area contributed by atoms with Gasteiger partial charge in [0.1, 0.15) is 5.82 Å². The number of carbonyl (C=O) groups excluding carboxylic acids is 1. The number of benzene rings is 1. The molecule has 2 heterocycles.